The molecule has 2 aromatic heterocycles. The number of fused-ring (bicyclic) bond motifs is 1. The Morgan fingerprint density at radius 3 is 2.75 bits per heavy atom. The van der Waals surface area contributed by atoms with E-state index in [1.165, 1.54) is 10.6 Å². The lowest BCUT2D eigenvalue weighted by molar-refractivity contribution is 0.209. The zero-order valence-corrected chi connectivity index (χ0v) is 10.2. The normalized spacial score (nSPS) is 10.4. The van der Waals surface area contributed by atoms with Gasteiger partial charge < -0.3 is 10.4 Å². The van der Waals surface area contributed by atoms with E-state index in [0.717, 1.165) is 5.69 Å². The molecule has 0 fully saturated rings. The molecule has 0 unspecified atom stereocenters. The highest BCUT2D eigenvalue weighted by Crippen LogP contribution is 2.19. The van der Waals surface area contributed by atoms with Crippen molar-refractivity contribution >= 4 is 29.2 Å². The summed E-state index contributed by atoms with van der Waals surface area (Å²) in [4.78, 5) is 14.8. The van der Waals surface area contributed by atoms with Gasteiger partial charge in [-0.3, -0.25) is 9.72 Å². The fourth-order valence-electron chi connectivity index (χ4n) is 1.75. The van der Waals surface area contributed by atoms with Gasteiger partial charge in [-0.25, -0.2) is 9.78 Å². The van der Waals surface area contributed by atoms with Crippen molar-refractivity contribution in [2.24, 2.45) is 0 Å². The molecule has 0 spiro atoms. The Morgan fingerprint density at radius 1 is 1.20 bits per heavy atom. The second-order valence-electron chi connectivity index (χ2n) is 3.91. The number of para-hydroxylation sites is 1. The van der Waals surface area contributed by atoms with Gasteiger partial charge in [-0.1, -0.05) is 18.2 Å². The van der Waals surface area contributed by atoms with Gasteiger partial charge >= 0.3 is 6.09 Å². The topological polar surface area (TPSA) is 104 Å². The number of hydrogen-bond acceptors (Lipinski definition) is 5. The summed E-state index contributed by atoms with van der Waals surface area (Å²) in [6.45, 7) is 0. The van der Waals surface area contributed by atoms with Crippen LogP contribution < -0.4 is 10.6 Å². The van der Waals surface area contributed by atoms with E-state index in [1.54, 1.807) is 6.20 Å². The standard InChI is InChI=1S/C12H10N6O2/c19-12(20)15-11-17-16-10-9(13-6-7-18(10)11)14-8-4-2-1-3-5-8/h1-7H,(H,13,14)(H,15,17)(H,19,20). The van der Waals surface area contributed by atoms with Crippen molar-refractivity contribution in [2.75, 3.05) is 10.6 Å². The molecular formula is C12H10N6O2. The molecule has 1 amide bonds. The van der Waals surface area contributed by atoms with Gasteiger partial charge in [0.05, 0.1) is 0 Å². The molecule has 100 valence electrons. The number of amides is 1. The molecule has 0 saturated heterocycles. The van der Waals surface area contributed by atoms with E-state index in [-0.39, 0.29) is 5.95 Å². The minimum Gasteiger partial charge on any atom is -0.465 e. The maximum atomic E-state index is 10.7. The quantitative estimate of drug-likeness (QED) is 0.672. The third kappa shape index (κ3) is 2.21. The molecule has 20 heavy (non-hydrogen) atoms. The van der Waals surface area contributed by atoms with E-state index in [1.807, 2.05) is 30.3 Å². The summed E-state index contributed by atoms with van der Waals surface area (Å²) in [6.07, 6.45) is 1.92. The predicted octanol–water partition coefficient (Wildman–Crippen LogP) is 1.96. The Balaban J connectivity index is 2.00. The molecule has 3 aromatic rings. The maximum absolute atomic E-state index is 10.7. The molecule has 0 aliphatic carbocycles. The van der Waals surface area contributed by atoms with Crippen molar-refractivity contribution in [3.63, 3.8) is 0 Å². The van der Waals surface area contributed by atoms with Crippen LogP contribution in [-0.4, -0.2) is 30.8 Å². The largest absolute Gasteiger partial charge is 0.465 e. The van der Waals surface area contributed by atoms with E-state index in [2.05, 4.69) is 25.8 Å². The lowest BCUT2D eigenvalue weighted by atomic mass is 10.3. The zero-order chi connectivity index (χ0) is 13.9. The van der Waals surface area contributed by atoms with Crippen LogP contribution >= 0.6 is 0 Å². The highest BCUT2D eigenvalue weighted by molar-refractivity contribution is 5.81. The summed E-state index contributed by atoms with van der Waals surface area (Å²) in [7, 11) is 0. The summed E-state index contributed by atoms with van der Waals surface area (Å²) in [5, 5.41) is 21.7. The van der Waals surface area contributed by atoms with Crippen molar-refractivity contribution in [3.8, 4) is 0 Å². The van der Waals surface area contributed by atoms with Gasteiger partial charge in [-0.15, -0.1) is 10.2 Å². The molecule has 0 aliphatic rings. The number of nitrogens with zero attached hydrogens (tertiary/aromatic N) is 4. The number of carbonyl (C=O) groups is 1. The SMILES string of the molecule is O=C(O)Nc1nnc2c(Nc3ccccc3)nccn12. The summed E-state index contributed by atoms with van der Waals surface area (Å²) < 4.78 is 1.51. The zero-order valence-electron chi connectivity index (χ0n) is 10.2. The van der Waals surface area contributed by atoms with Crippen molar-refractivity contribution < 1.29 is 9.90 Å². The number of anilines is 3. The van der Waals surface area contributed by atoms with Crippen LogP contribution in [0, 0.1) is 0 Å². The van der Waals surface area contributed by atoms with E-state index in [9.17, 15) is 4.79 Å². The van der Waals surface area contributed by atoms with Crippen LogP contribution in [0.15, 0.2) is 42.7 Å². The van der Waals surface area contributed by atoms with E-state index < -0.39 is 6.09 Å². The predicted molar refractivity (Wildman–Crippen MR) is 72.2 cm³/mol. The Kier molecular flexibility index (Phi) is 2.88. The first kappa shape index (κ1) is 11.9. The Morgan fingerprint density at radius 2 is 2.00 bits per heavy atom. The molecule has 0 radical (unpaired) electrons. The van der Waals surface area contributed by atoms with Crippen molar-refractivity contribution in [2.45, 2.75) is 0 Å². The summed E-state index contributed by atoms with van der Waals surface area (Å²) in [5.74, 6) is 0.607. The van der Waals surface area contributed by atoms with Crippen LogP contribution in [-0.2, 0) is 0 Å². The number of rotatable bonds is 3. The fraction of sp³-hybridized carbons (Fsp3) is 0. The molecule has 8 heteroatoms. The number of carboxylic acid groups (broad SMARTS) is 1. The Bertz CT molecular complexity index is 755. The van der Waals surface area contributed by atoms with Gasteiger partial charge in [0.2, 0.25) is 11.6 Å². The molecule has 0 bridgehead atoms. The summed E-state index contributed by atoms with van der Waals surface area (Å²) >= 11 is 0. The molecule has 1 aromatic carbocycles. The molecule has 3 rings (SSSR count). The van der Waals surface area contributed by atoms with Gasteiger partial charge in [0.25, 0.3) is 0 Å². The van der Waals surface area contributed by atoms with E-state index >= 15 is 0 Å². The third-order valence-corrected chi connectivity index (χ3v) is 2.58. The van der Waals surface area contributed by atoms with Crippen LogP contribution in [0.2, 0.25) is 0 Å². The number of benzene rings is 1. The second kappa shape index (κ2) is 4.84. The van der Waals surface area contributed by atoms with Crippen LogP contribution in [0.4, 0.5) is 22.2 Å². The smallest absolute Gasteiger partial charge is 0.411 e. The Hall–Kier alpha value is -3.16. The van der Waals surface area contributed by atoms with E-state index in [4.69, 9.17) is 5.11 Å². The maximum Gasteiger partial charge on any atom is 0.411 e. The lowest BCUT2D eigenvalue weighted by Crippen LogP contribution is -2.10. The fourth-order valence-corrected chi connectivity index (χ4v) is 1.75. The number of nitrogens with one attached hydrogen (secondary N) is 2. The van der Waals surface area contributed by atoms with Gasteiger partial charge in [0, 0.05) is 18.1 Å². The molecule has 3 N–H and O–H groups in total. The molecule has 0 aliphatic heterocycles. The van der Waals surface area contributed by atoms with Gasteiger partial charge in [0.1, 0.15) is 0 Å². The second-order valence-corrected chi connectivity index (χ2v) is 3.91. The number of aromatic nitrogens is 4. The minimum absolute atomic E-state index is 0.117. The molecule has 8 nitrogen and oxygen atoms in total. The van der Waals surface area contributed by atoms with Crippen molar-refractivity contribution in [3.05, 3.63) is 42.7 Å². The molecular weight excluding hydrogens is 260 g/mol. The monoisotopic (exact) mass is 270 g/mol. The van der Waals surface area contributed by atoms with Gasteiger partial charge in [-0.05, 0) is 12.1 Å². The third-order valence-electron chi connectivity index (χ3n) is 2.58. The van der Waals surface area contributed by atoms with Crippen LogP contribution in [0.1, 0.15) is 0 Å². The minimum atomic E-state index is -1.20. The van der Waals surface area contributed by atoms with Crippen LogP contribution in [0.3, 0.4) is 0 Å². The van der Waals surface area contributed by atoms with Gasteiger partial charge in [0.15, 0.2) is 5.82 Å². The first-order valence-corrected chi connectivity index (χ1v) is 5.76. The molecule has 0 saturated carbocycles. The first-order valence-electron chi connectivity index (χ1n) is 5.76. The molecule has 2 heterocycles. The summed E-state index contributed by atoms with van der Waals surface area (Å²) in [5.41, 5.74) is 1.28. The first-order chi connectivity index (χ1) is 9.74. The highest BCUT2D eigenvalue weighted by atomic mass is 16.4. The van der Waals surface area contributed by atoms with E-state index in [0.29, 0.717) is 11.5 Å². The average molecular weight is 270 g/mol. The summed E-state index contributed by atoms with van der Waals surface area (Å²) in [6, 6.07) is 9.47. The highest BCUT2D eigenvalue weighted by Gasteiger charge is 2.11. The average Bonchev–Trinajstić information content (AvgIpc) is 2.84. The molecule has 0 atom stereocenters. The van der Waals surface area contributed by atoms with Crippen LogP contribution in [0.25, 0.3) is 5.65 Å². The lowest BCUT2D eigenvalue weighted by Gasteiger charge is -2.06. The van der Waals surface area contributed by atoms with Crippen molar-refractivity contribution in [1.29, 1.82) is 0 Å². The van der Waals surface area contributed by atoms with Gasteiger partial charge in [-0.2, -0.15) is 0 Å². The van der Waals surface area contributed by atoms with Crippen LogP contribution in [0.5, 0.6) is 0 Å². The number of hydrogen-bond donors (Lipinski definition) is 3. The van der Waals surface area contributed by atoms with Crippen molar-refractivity contribution in [1.82, 2.24) is 19.6 Å². The Labute approximate surface area is 113 Å².